The van der Waals surface area contributed by atoms with Crippen LogP contribution in [0.5, 0.6) is 0 Å². The van der Waals surface area contributed by atoms with Gasteiger partial charge in [0.05, 0.1) is 13.2 Å². The third-order valence-electron chi connectivity index (χ3n) is 2.81. The zero-order valence-electron chi connectivity index (χ0n) is 9.94. The van der Waals surface area contributed by atoms with Crippen LogP contribution in [0.3, 0.4) is 0 Å². The molecule has 0 aliphatic carbocycles. The van der Waals surface area contributed by atoms with E-state index in [-0.39, 0.29) is 12.9 Å². The Morgan fingerprint density at radius 2 is 1.89 bits per heavy atom. The van der Waals surface area contributed by atoms with Crippen molar-refractivity contribution in [2.75, 3.05) is 13.2 Å². The van der Waals surface area contributed by atoms with Crippen molar-refractivity contribution in [3.05, 3.63) is 0 Å². The molecule has 0 aromatic rings. The van der Waals surface area contributed by atoms with Crippen LogP contribution in [-0.2, 0) is 14.3 Å². The van der Waals surface area contributed by atoms with Crippen LogP contribution in [0.2, 0.25) is 0 Å². The smallest absolute Gasteiger partial charge is 0.186 e. The lowest BCUT2D eigenvalue weighted by atomic mass is 10.0. The summed E-state index contributed by atoms with van der Waals surface area (Å²) >= 11 is 0. The quantitative estimate of drug-likeness (QED) is 0.265. The van der Waals surface area contributed by atoms with E-state index in [9.17, 15) is 25.2 Å². The molecule has 0 aromatic carbocycles. The van der Waals surface area contributed by atoms with Gasteiger partial charge in [0.1, 0.15) is 36.6 Å². The fourth-order valence-electron chi connectivity index (χ4n) is 1.60. The largest absolute Gasteiger partial charge is 0.394 e. The molecule has 0 saturated carbocycles. The van der Waals surface area contributed by atoms with Crippen LogP contribution in [0.25, 0.3) is 0 Å². The van der Waals surface area contributed by atoms with Crippen molar-refractivity contribution < 1.29 is 44.9 Å². The SMILES string of the molecule is O=CC(O)C(O)C(CO)OC1OCC(O)C(O)C1O. The van der Waals surface area contributed by atoms with Gasteiger partial charge in [-0.25, -0.2) is 0 Å². The average molecular weight is 282 g/mol. The molecule has 0 aromatic heterocycles. The first-order valence-electron chi connectivity index (χ1n) is 5.66. The Bertz CT molecular complexity index is 286. The summed E-state index contributed by atoms with van der Waals surface area (Å²) in [5.41, 5.74) is 0. The summed E-state index contributed by atoms with van der Waals surface area (Å²) in [5.74, 6) is 0. The number of rotatable bonds is 6. The monoisotopic (exact) mass is 282 g/mol. The molecule has 1 fully saturated rings. The highest BCUT2D eigenvalue weighted by Gasteiger charge is 2.40. The van der Waals surface area contributed by atoms with Crippen molar-refractivity contribution in [3.8, 4) is 0 Å². The molecule has 7 atom stereocenters. The van der Waals surface area contributed by atoms with E-state index in [1.807, 2.05) is 0 Å². The van der Waals surface area contributed by atoms with Crippen LogP contribution >= 0.6 is 0 Å². The van der Waals surface area contributed by atoms with E-state index in [0.717, 1.165) is 0 Å². The molecule has 112 valence electrons. The predicted octanol–water partition coefficient (Wildman–Crippen LogP) is -4.28. The molecule has 1 heterocycles. The van der Waals surface area contributed by atoms with Crippen LogP contribution in [0.1, 0.15) is 0 Å². The van der Waals surface area contributed by atoms with Crippen LogP contribution in [0.15, 0.2) is 0 Å². The second-order valence-electron chi connectivity index (χ2n) is 4.22. The molecular weight excluding hydrogens is 264 g/mol. The number of hydrogen-bond acceptors (Lipinski definition) is 9. The highest BCUT2D eigenvalue weighted by atomic mass is 16.7. The summed E-state index contributed by atoms with van der Waals surface area (Å²) in [6.07, 6.45) is -10.6. The lowest BCUT2D eigenvalue weighted by molar-refractivity contribution is -0.295. The zero-order valence-corrected chi connectivity index (χ0v) is 9.94. The van der Waals surface area contributed by atoms with Crippen molar-refractivity contribution >= 4 is 6.29 Å². The van der Waals surface area contributed by atoms with Crippen molar-refractivity contribution in [2.24, 2.45) is 0 Å². The van der Waals surface area contributed by atoms with E-state index in [0.29, 0.717) is 0 Å². The van der Waals surface area contributed by atoms with Crippen molar-refractivity contribution in [1.82, 2.24) is 0 Å². The third kappa shape index (κ3) is 3.91. The van der Waals surface area contributed by atoms with Crippen molar-refractivity contribution in [1.29, 1.82) is 0 Å². The lowest BCUT2D eigenvalue weighted by Gasteiger charge is -2.37. The van der Waals surface area contributed by atoms with Crippen LogP contribution in [-0.4, -0.2) is 93.1 Å². The maximum absolute atomic E-state index is 10.3. The molecule has 6 N–H and O–H groups in total. The summed E-state index contributed by atoms with van der Waals surface area (Å²) in [6, 6.07) is 0. The van der Waals surface area contributed by atoms with Gasteiger partial charge >= 0.3 is 0 Å². The number of aliphatic hydroxyl groups excluding tert-OH is 6. The second-order valence-corrected chi connectivity index (χ2v) is 4.22. The first kappa shape index (κ1) is 16.4. The number of carbonyl (C=O) groups excluding carboxylic acids is 1. The van der Waals surface area contributed by atoms with Gasteiger partial charge in [0.25, 0.3) is 0 Å². The molecule has 9 heteroatoms. The highest BCUT2D eigenvalue weighted by Crippen LogP contribution is 2.19. The molecule has 1 rings (SSSR count). The maximum Gasteiger partial charge on any atom is 0.186 e. The van der Waals surface area contributed by atoms with E-state index >= 15 is 0 Å². The van der Waals surface area contributed by atoms with E-state index in [4.69, 9.17) is 19.7 Å². The van der Waals surface area contributed by atoms with Crippen LogP contribution in [0, 0.1) is 0 Å². The number of aliphatic hydroxyl groups is 6. The van der Waals surface area contributed by atoms with Crippen molar-refractivity contribution in [3.63, 3.8) is 0 Å². The highest BCUT2D eigenvalue weighted by molar-refractivity contribution is 5.56. The molecule has 0 bridgehead atoms. The Kier molecular flexibility index (Phi) is 6.23. The van der Waals surface area contributed by atoms with E-state index in [2.05, 4.69) is 0 Å². The van der Waals surface area contributed by atoms with E-state index in [1.165, 1.54) is 0 Å². The Labute approximate surface area is 108 Å². The first-order valence-corrected chi connectivity index (χ1v) is 5.66. The van der Waals surface area contributed by atoms with Gasteiger partial charge in [-0.15, -0.1) is 0 Å². The molecule has 0 spiro atoms. The molecule has 0 radical (unpaired) electrons. The topological polar surface area (TPSA) is 157 Å². The molecule has 19 heavy (non-hydrogen) atoms. The normalized spacial score (nSPS) is 36.5. The lowest BCUT2D eigenvalue weighted by Crippen LogP contribution is -2.56. The summed E-state index contributed by atoms with van der Waals surface area (Å²) in [4.78, 5) is 10.3. The Balaban J connectivity index is 2.63. The Morgan fingerprint density at radius 1 is 1.26 bits per heavy atom. The van der Waals surface area contributed by atoms with Gasteiger partial charge in [-0.2, -0.15) is 0 Å². The van der Waals surface area contributed by atoms with Gasteiger partial charge < -0.3 is 44.9 Å². The van der Waals surface area contributed by atoms with Gasteiger partial charge in [0.15, 0.2) is 12.6 Å². The fraction of sp³-hybridized carbons (Fsp3) is 0.900. The Hall–Kier alpha value is -0.650. The molecule has 0 amide bonds. The summed E-state index contributed by atoms with van der Waals surface area (Å²) in [5, 5.41) is 55.8. The summed E-state index contributed by atoms with van der Waals surface area (Å²) in [7, 11) is 0. The minimum absolute atomic E-state index is 0.0629. The molecule has 1 aliphatic heterocycles. The number of hydrogen-bond donors (Lipinski definition) is 6. The molecule has 9 nitrogen and oxygen atoms in total. The van der Waals surface area contributed by atoms with Crippen LogP contribution in [0.4, 0.5) is 0 Å². The van der Waals surface area contributed by atoms with Gasteiger partial charge in [0.2, 0.25) is 0 Å². The summed E-state index contributed by atoms with van der Waals surface area (Å²) in [6.45, 7) is -1.06. The zero-order chi connectivity index (χ0) is 14.6. The predicted molar refractivity (Wildman–Crippen MR) is 57.8 cm³/mol. The molecule has 7 unspecified atom stereocenters. The maximum atomic E-state index is 10.3. The molecule has 1 aliphatic rings. The third-order valence-corrected chi connectivity index (χ3v) is 2.81. The van der Waals surface area contributed by atoms with Gasteiger partial charge in [0, 0.05) is 0 Å². The van der Waals surface area contributed by atoms with E-state index < -0.39 is 49.5 Å². The number of carbonyl (C=O) groups is 1. The second kappa shape index (κ2) is 7.22. The van der Waals surface area contributed by atoms with Gasteiger partial charge in [-0.1, -0.05) is 0 Å². The van der Waals surface area contributed by atoms with E-state index in [1.54, 1.807) is 0 Å². The minimum atomic E-state index is -1.77. The number of ether oxygens (including phenoxy) is 2. The number of aldehydes is 1. The standard InChI is InChI=1S/C10H18O9/c11-1-4(13)7(15)6(2-12)19-10-9(17)8(16)5(14)3-18-10/h1,4-10,12-17H,2-3H2. The van der Waals surface area contributed by atoms with Gasteiger partial charge in [-0.3, -0.25) is 0 Å². The Morgan fingerprint density at radius 3 is 2.42 bits per heavy atom. The van der Waals surface area contributed by atoms with Crippen LogP contribution < -0.4 is 0 Å². The summed E-state index contributed by atoms with van der Waals surface area (Å²) < 4.78 is 9.89. The molecule has 1 saturated heterocycles. The first-order chi connectivity index (χ1) is 8.92. The van der Waals surface area contributed by atoms with Crippen molar-refractivity contribution in [2.45, 2.75) is 42.9 Å². The molecular formula is C10H18O9. The van der Waals surface area contributed by atoms with Gasteiger partial charge in [-0.05, 0) is 0 Å². The minimum Gasteiger partial charge on any atom is -0.394 e. The average Bonchev–Trinajstić information content (AvgIpc) is 2.42. The fourth-order valence-corrected chi connectivity index (χ4v) is 1.60.